The SMILES string of the molecule is CCCCCc1cc(O)c2c(c1)OC(C)(C)[C@@H]1CCC(C)=C[C@@H]21.C[C@H]1O[C@@H](O[C@H]2[C@@H](O)C[C@H](O[C@H]3[C@@H](O)C[C@H](O[C@H]4CC[C@@]5(C)[C@H](CC[C@@H]6[C@@H]5C[C@@H](O)[C@]5(C)[C@@H](C7=CC(=O)OC7)CC[C@]65O)C4)O[C@@H]3C)O[C@@H]2C)C[C@H](O)[C@@H]1O.Cn1c(=O)c2[nH]cnc2n(C)c1=O. The van der Waals surface area contributed by atoms with Crippen LogP contribution in [0.5, 0.6) is 11.5 Å². The Bertz CT molecular complexity index is 3250. The number of esters is 1. The lowest BCUT2D eigenvalue weighted by atomic mass is 9.42. The molecule has 7 fully saturated rings. The minimum atomic E-state index is -1.01. The Morgan fingerprint density at radius 3 is 2.04 bits per heavy atom. The number of phenols is 1. The van der Waals surface area contributed by atoms with Crippen molar-refractivity contribution in [2.45, 2.75) is 275 Å². The first-order valence-corrected chi connectivity index (χ1v) is 33.8. The second kappa shape index (κ2) is 26.6. The highest BCUT2D eigenvalue weighted by atomic mass is 16.7. The number of aromatic hydroxyl groups is 1. The molecule has 1 aromatic carbocycles. The predicted molar refractivity (Wildman–Crippen MR) is 334 cm³/mol. The van der Waals surface area contributed by atoms with E-state index in [0.717, 1.165) is 79.2 Å². The van der Waals surface area contributed by atoms with Crippen LogP contribution in [0.2, 0.25) is 0 Å². The normalized spacial score (nSPS) is 41.5. The Balaban J connectivity index is 0.000000191. The van der Waals surface area contributed by atoms with Gasteiger partial charge in [0.2, 0.25) is 0 Å². The van der Waals surface area contributed by atoms with Crippen molar-refractivity contribution in [1.29, 1.82) is 0 Å². The van der Waals surface area contributed by atoms with Crippen LogP contribution in [0.1, 0.15) is 182 Å². The van der Waals surface area contributed by atoms with E-state index < -0.39 is 90.9 Å². The molecule has 7 heterocycles. The number of hydrogen-bond donors (Lipinski definition) is 8. The van der Waals surface area contributed by atoms with Crippen molar-refractivity contribution < 1.29 is 78.4 Å². The fourth-order valence-electron chi connectivity index (χ4n) is 18.3. The third-order valence-corrected chi connectivity index (χ3v) is 23.6. The molecule has 23 atom stereocenters. The van der Waals surface area contributed by atoms with Gasteiger partial charge in [0.25, 0.3) is 5.56 Å². The zero-order chi connectivity index (χ0) is 65.4. The molecule has 0 unspecified atom stereocenters. The minimum absolute atomic E-state index is 0.0452. The number of aliphatic hydroxyl groups is 6. The number of cyclic esters (lactones) is 1. The lowest BCUT2D eigenvalue weighted by Crippen LogP contribution is -2.67. The number of benzene rings is 1. The van der Waals surface area contributed by atoms with Crippen molar-refractivity contribution in [1.82, 2.24) is 19.1 Å². The Morgan fingerprint density at radius 2 is 1.41 bits per heavy atom. The predicted octanol–water partition coefficient (Wildman–Crippen LogP) is 6.91. The number of unbranched alkanes of at least 4 members (excludes halogenated alkanes) is 2. The van der Waals surface area contributed by atoms with Crippen LogP contribution in [0, 0.1) is 40.4 Å². The number of hydrogen-bond acceptors (Lipinski definition) is 19. The van der Waals surface area contributed by atoms with Gasteiger partial charge in [0.15, 0.2) is 24.5 Å². The molecule has 8 N–H and O–H groups in total. The van der Waals surface area contributed by atoms with E-state index >= 15 is 0 Å². The number of aromatic nitrogens is 4. The second-order valence-electron chi connectivity index (χ2n) is 29.5. The standard InChI is InChI=1S/C41H64O14.C21H30O2.C7H8N4O2/c1-19-36(47)28(42)15-34(50-19)54-38-21(3)52-35(17-30(38)44)55-37-20(2)51-33(16-29(37)43)53-24-8-10-39(4)23(13-24)6-7-26-27(39)14-31(45)40(5)25(9-11-41(26,40)48)22-12-32(46)49-18-22;1-5-6-7-8-15-12-18(22)20-16-11-14(2)9-10-17(16)21(3,4)23-19(20)13-15;1-10-5-4(8-3-9-5)6(12)11(2)7(10)13/h12,19-21,23-31,33-38,42-45,47-48H,6-11,13-18H2,1-5H3;11-13,16-17,22H,5-10H2,1-4H3;3H,1-2H3,(H,8,9)/t19-,20-,21-,23-,24+,25-,26-,27+,28+,29+,30+,31-,33+,34+,35+,36-,37-,38-,39+,40+,41+;16-,17-;/m11./s1. The zero-order valence-electron chi connectivity index (χ0n) is 55.1. The summed E-state index contributed by atoms with van der Waals surface area (Å²) in [6, 6.07) is 4.13. The Labute approximate surface area is 533 Å². The highest BCUT2D eigenvalue weighted by Gasteiger charge is 2.71. The number of H-pyrrole nitrogens is 1. The van der Waals surface area contributed by atoms with Crippen molar-refractivity contribution in [2.75, 3.05) is 6.61 Å². The number of aryl methyl sites for hydroxylation is 2. The lowest BCUT2D eigenvalue weighted by Gasteiger charge is -2.65. The van der Waals surface area contributed by atoms with Gasteiger partial charge in [0, 0.05) is 62.2 Å². The molecule has 3 saturated heterocycles. The van der Waals surface area contributed by atoms with Gasteiger partial charge in [0.1, 0.15) is 47.5 Å². The van der Waals surface area contributed by atoms with Crippen molar-refractivity contribution in [3.05, 3.63) is 73.7 Å². The minimum Gasteiger partial charge on any atom is -0.507 e. The van der Waals surface area contributed by atoms with E-state index in [1.54, 1.807) is 27.0 Å². The molecule has 0 bridgehead atoms. The molecule has 0 spiro atoms. The summed E-state index contributed by atoms with van der Waals surface area (Å²) in [5.74, 6) is 2.25. The highest BCUT2D eigenvalue weighted by molar-refractivity contribution is 5.85. The molecule has 91 heavy (non-hydrogen) atoms. The summed E-state index contributed by atoms with van der Waals surface area (Å²) in [5.41, 5.74) is 2.58. The molecule has 22 nitrogen and oxygen atoms in total. The monoisotopic (exact) mass is 1270 g/mol. The number of nitrogens with one attached hydrogen (secondary N) is 1. The van der Waals surface area contributed by atoms with Crippen LogP contribution in [0.3, 0.4) is 0 Å². The first kappa shape index (κ1) is 67.8. The number of carbonyl (C=O) groups is 1. The van der Waals surface area contributed by atoms with Crippen LogP contribution in [0.25, 0.3) is 11.2 Å². The molecule has 3 aromatic rings. The van der Waals surface area contributed by atoms with Gasteiger partial charge in [-0.2, -0.15) is 0 Å². The maximum absolute atomic E-state index is 12.6. The number of phenolic OH excluding ortho intramolecular Hbond substituents is 1. The largest absolute Gasteiger partial charge is 0.507 e. The van der Waals surface area contributed by atoms with Crippen LogP contribution in [0.4, 0.5) is 0 Å². The van der Waals surface area contributed by atoms with Gasteiger partial charge in [-0.3, -0.25) is 13.9 Å². The Hall–Kier alpha value is -4.56. The molecular weight excluding hydrogens is 1170 g/mol. The third kappa shape index (κ3) is 12.8. The van der Waals surface area contributed by atoms with Crippen molar-refractivity contribution >= 4 is 17.1 Å². The number of allylic oxidation sites excluding steroid dienone is 2. The number of fused-ring (bicyclic) bond motifs is 9. The Kier molecular flexibility index (Phi) is 19.8. The third-order valence-electron chi connectivity index (χ3n) is 23.6. The molecule has 506 valence electrons. The summed E-state index contributed by atoms with van der Waals surface area (Å²) in [6.45, 7) is 18.7. The van der Waals surface area contributed by atoms with E-state index in [1.807, 2.05) is 19.9 Å². The van der Waals surface area contributed by atoms with E-state index in [-0.39, 0.29) is 83.9 Å². The zero-order valence-corrected chi connectivity index (χ0v) is 55.1. The molecule has 5 aliphatic heterocycles. The van der Waals surface area contributed by atoms with Gasteiger partial charge < -0.3 is 78.6 Å². The van der Waals surface area contributed by atoms with Crippen LogP contribution < -0.4 is 16.0 Å². The maximum atomic E-state index is 12.6. The average molecular weight is 1280 g/mol. The molecule has 5 aliphatic carbocycles. The average Bonchev–Trinajstić information content (AvgIpc) is 1.63. The quantitative estimate of drug-likeness (QED) is 0.0418. The van der Waals surface area contributed by atoms with Crippen LogP contribution >= 0.6 is 0 Å². The van der Waals surface area contributed by atoms with Gasteiger partial charge in [-0.05, 0) is 171 Å². The fourth-order valence-corrected chi connectivity index (χ4v) is 18.3. The van der Waals surface area contributed by atoms with Crippen molar-refractivity contribution in [2.24, 2.45) is 54.5 Å². The molecule has 0 amide bonds. The number of nitrogens with zero attached hydrogens (tertiary/aromatic N) is 3. The molecule has 13 rings (SSSR count). The Morgan fingerprint density at radius 1 is 0.747 bits per heavy atom. The number of carbonyl (C=O) groups excluding carboxylic acids is 1. The van der Waals surface area contributed by atoms with Crippen LogP contribution in [-0.2, 0) is 58.5 Å². The van der Waals surface area contributed by atoms with Gasteiger partial charge in [-0.15, -0.1) is 0 Å². The first-order chi connectivity index (χ1) is 43.1. The summed E-state index contributed by atoms with van der Waals surface area (Å²) in [7, 11) is 3.01. The van der Waals surface area contributed by atoms with Crippen LogP contribution in [0.15, 0.2) is 51.3 Å². The van der Waals surface area contributed by atoms with Crippen molar-refractivity contribution in [3.8, 4) is 11.5 Å². The molecule has 22 heteroatoms. The molecule has 10 aliphatic rings. The molecule has 2 aromatic heterocycles. The van der Waals surface area contributed by atoms with E-state index in [9.17, 15) is 50.1 Å². The molecule has 0 radical (unpaired) electrons. The summed E-state index contributed by atoms with van der Waals surface area (Å²) in [4.78, 5) is 41.3. The van der Waals surface area contributed by atoms with E-state index in [4.69, 9.17) is 37.9 Å². The molecular formula is C69H102N4O18. The first-order valence-electron chi connectivity index (χ1n) is 33.8. The lowest BCUT2D eigenvalue weighted by molar-refractivity contribution is -0.336. The fraction of sp³-hybridized carbons (Fsp3) is 0.768. The summed E-state index contributed by atoms with van der Waals surface area (Å²) in [5, 5.41) is 77.5. The number of rotatable bonds is 11. The van der Waals surface area contributed by atoms with Crippen molar-refractivity contribution in [3.63, 3.8) is 0 Å². The summed E-state index contributed by atoms with van der Waals surface area (Å²) >= 11 is 0. The highest BCUT2D eigenvalue weighted by Crippen LogP contribution is 2.70. The topological polar surface area (TPSA) is 305 Å². The van der Waals surface area contributed by atoms with Gasteiger partial charge in [-0.25, -0.2) is 14.6 Å². The number of aliphatic hydroxyl groups excluding tert-OH is 5. The van der Waals surface area contributed by atoms with Gasteiger partial charge >= 0.3 is 11.7 Å². The van der Waals surface area contributed by atoms with E-state index in [1.165, 1.54) is 48.3 Å². The van der Waals surface area contributed by atoms with Gasteiger partial charge in [-0.1, -0.05) is 45.3 Å². The number of aromatic amines is 1. The van der Waals surface area contributed by atoms with E-state index in [2.05, 4.69) is 56.7 Å². The molecule has 4 saturated carbocycles. The number of ether oxygens (including phenoxy) is 8. The smallest absolute Gasteiger partial charge is 0.332 e. The van der Waals surface area contributed by atoms with Gasteiger partial charge in [0.05, 0.1) is 60.8 Å². The second-order valence-corrected chi connectivity index (χ2v) is 29.5. The van der Waals surface area contributed by atoms with E-state index in [0.29, 0.717) is 41.6 Å². The van der Waals surface area contributed by atoms with Crippen LogP contribution in [-0.4, -0.2) is 165 Å². The summed E-state index contributed by atoms with van der Waals surface area (Å²) in [6.07, 6.45) is 9.15. The maximum Gasteiger partial charge on any atom is 0.332 e. The number of imidazole rings is 1. The summed E-state index contributed by atoms with van der Waals surface area (Å²) < 4.78 is 50.8.